The Balaban J connectivity index is 2.06. The Bertz CT molecular complexity index is 175. The van der Waals surface area contributed by atoms with Crippen LogP contribution in [0.5, 0.6) is 0 Å². The Morgan fingerprint density at radius 3 is 3.00 bits per heavy atom. The van der Waals surface area contributed by atoms with Crippen molar-refractivity contribution in [2.24, 2.45) is 5.92 Å². The van der Waals surface area contributed by atoms with Crippen molar-refractivity contribution in [3.05, 3.63) is 12.2 Å². The van der Waals surface area contributed by atoms with Crippen LogP contribution in [-0.4, -0.2) is 24.3 Å². The van der Waals surface area contributed by atoms with E-state index in [4.69, 9.17) is 9.84 Å². The third-order valence-electron chi connectivity index (χ3n) is 1.96. The molecule has 0 saturated carbocycles. The minimum absolute atomic E-state index is 0.166. The number of rotatable bonds is 4. The summed E-state index contributed by atoms with van der Waals surface area (Å²) in [5.74, 6) is -0.365. The molecule has 1 aliphatic rings. The molecule has 0 amide bonds. The maximum atomic E-state index is 10.1. The summed E-state index contributed by atoms with van der Waals surface area (Å²) >= 11 is 0. The van der Waals surface area contributed by atoms with Crippen LogP contribution in [0.3, 0.4) is 0 Å². The zero-order valence-electron chi connectivity index (χ0n) is 7.03. The average molecular weight is 170 g/mol. The van der Waals surface area contributed by atoms with E-state index in [2.05, 4.69) is 12.2 Å². The number of ether oxygens (including phenoxy) is 1. The maximum absolute atomic E-state index is 10.1. The monoisotopic (exact) mass is 170 g/mol. The quantitative estimate of drug-likeness (QED) is 0.649. The fourth-order valence-electron chi connectivity index (χ4n) is 1.32. The van der Waals surface area contributed by atoms with Gasteiger partial charge in [0.05, 0.1) is 6.61 Å². The van der Waals surface area contributed by atoms with Crippen molar-refractivity contribution in [1.82, 2.24) is 0 Å². The predicted molar refractivity (Wildman–Crippen MR) is 44.9 cm³/mol. The molecule has 1 N–H and O–H groups in total. The van der Waals surface area contributed by atoms with Gasteiger partial charge in [0.25, 0.3) is 0 Å². The summed E-state index contributed by atoms with van der Waals surface area (Å²) in [5.41, 5.74) is 0. The SMILES string of the molecule is O=C(O)COCC1CC=CCC1. The molecule has 0 spiro atoms. The highest BCUT2D eigenvalue weighted by Gasteiger charge is 2.10. The first-order valence-corrected chi connectivity index (χ1v) is 4.23. The van der Waals surface area contributed by atoms with Gasteiger partial charge in [-0.05, 0) is 25.2 Å². The topological polar surface area (TPSA) is 46.5 Å². The molecule has 1 atom stereocenters. The average Bonchev–Trinajstić information content (AvgIpc) is 2.05. The number of carboxylic acid groups (broad SMARTS) is 1. The van der Waals surface area contributed by atoms with Gasteiger partial charge in [-0.1, -0.05) is 12.2 Å². The first-order valence-electron chi connectivity index (χ1n) is 4.23. The van der Waals surface area contributed by atoms with Crippen molar-refractivity contribution in [2.75, 3.05) is 13.2 Å². The van der Waals surface area contributed by atoms with Gasteiger partial charge < -0.3 is 9.84 Å². The summed E-state index contributed by atoms with van der Waals surface area (Å²) in [6.45, 7) is 0.414. The minimum Gasteiger partial charge on any atom is -0.480 e. The molecule has 3 nitrogen and oxygen atoms in total. The van der Waals surface area contributed by atoms with Gasteiger partial charge in [0.15, 0.2) is 0 Å². The molecule has 0 aromatic carbocycles. The first-order chi connectivity index (χ1) is 5.79. The molecule has 3 heteroatoms. The molecule has 0 heterocycles. The summed E-state index contributed by atoms with van der Waals surface area (Å²) in [7, 11) is 0. The van der Waals surface area contributed by atoms with Gasteiger partial charge in [-0.2, -0.15) is 0 Å². The van der Waals surface area contributed by atoms with Crippen LogP contribution < -0.4 is 0 Å². The summed E-state index contributed by atoms with van der Waals surface area (Å²) in [5, 5.41) is 8.30. The van der Waals surface area contributed by atoms with Gasteiger partial charge in [0.1, 0.15) is 6.61 Å². The van der Waals surface area contributed by atoms with Crippen molar-refractivity contribution in [3.8, 4) is 0 Å². The lowest BCUT2D eigenvalue weighted by Crippen LogP contribution is -2.15. The molecule has 12 heavy (non-hydrogen) atoms. The van der Waals surface area contributed by atoms with Crippen LogP contribution in [-0.2, 0) is 9.53 Å². The molecular formula is C9H14O3. The normalized spacial score (nSPS) is 22.5. The second-order valence-corrected chi connectivity index (χ2v) is 3.06. The van der Waals surface area contributed by atoms with Crippen molar-refractivity contribution in [1.29, 1.82) is 0 Å². The van der Waals surface area contributed by atoms with E-state index in [9.17, 15) is 4.79 Å². The summed E-state index contributed by atoms with van der Waals surface area (Å²) in [4.78, 5) is 10.1. The Morgan fingerprint density at radius 2 is 2.42 bits per heavy atom. The second kappa shape index (κ2) is 4.93. The van der Waals surface area contributed by atoms with Crippen LogP contribution in [0, 0.1) is 5.92 Å². The number of aliphatic carboxylic acids is 1. The smallest absolute Gasteiger partial charge is 0.329 e. The summed E-state index contributed by atoms with van der Waals surface area (Å²) in [6.07, 6.45) is 7.54. The van der Waals surface area contributed by atoms with E-state index in [1.165, 1.54) is 0 Å². The van der Waals surface area contributed by atoms with E-state index in [1.807, 2.05) is 0 Å². The van der Waals surface area contributed by atoms with Gasteiger partial charge in [0, 0.05) is 0 Å². The zero-order chi connectivity index (χ0) is 8.81. The Labute approximate surface area is 72.0 Å². The number of allylic oxidation sites excluding steroid dienone is 2. The third kappa shape index (κ3) is 3.53. The summed E-state index contributed by atoms with van der Waals surface area (Å²) in [6, 6.07) is 0. The molecule has 1 unspecified atom stereocenters. The number of hydrogen-bond donors (Lipinski definition) is 1. The molecule has 0 radical (unpaired) electrons. The highest BCUT2D eigenvalue weighted by Crippen LogP contribution is 2.17. The van der Waals surface area contributed by atoms with Gasteiger partial charge in [0.2, 0.25) is 0 Å². The molecule has 0 aliphatic heterocycles. The number of carboxylic acids is 1. The van der Waals surface area contributed by atoms with Crippen LogP contribution in [0.2, 0.25) is 0 Å². The molecule has 1 aliphatic carbocycles. The van der Waals surface area contributed by atoms with Crippen LogP contribution in [0.15, 0.2) is 12.2 Å². The van der Waals surface area contributed by atoms with E-state index >= 15 is 0 Å². The van der Waals surface area contributed by atoms with Gasteiger partial charge in [-0.3, -0.25) is 0 Å². The van der Waals surface area contributed by atoms with E-state index < -0.39 is 5.97 Å². The van der Waals surface area contributed by atoms with Gasteiger partial charge >= 0.3 is 5.97 Å². The first kappa shape index (κ1) is 9.26. The molecule has 1 rings (SSSR count). The fourth-order valence-corrected chi connectivity index (χ4v) is 1.32. The lowest BCUT2D eigenvalue weighted by molar-refractivity contribution is -0.142. The van der Waals surface area contributed by atoms with E-state index in [0.29, 0.717) is 12.5 Å². The van der Waals surface area contributed by atoms with Crippen molar-refractivity contribution in [3.63, 3.8) is 0 Å². The largest absolute Gasteiger partial charge is 0.480 e. The second-order valence-electron chi connectivity index (χ2n) is 3.06. The van der Waals surface area contributed by atoms with Crippen LogP contribution >= 0.6 is 0 Å². The Kier molecular flexibility index (Phi) is 3.80. The molecule has 0 saturated heterocycles. The summed E-state index contributed by atoms with van der Waals surface area (Å²) < 4.78 is 5.00. The molecule has 0 bridgehead atoms. The van der Waals surface area contributed by atoms with E-state index in [1.54, 1.807) is 0 Å². The van der Waals surface area contributed by atoms with E-state index in [0.717, 1.165) is 19.3 Å². The van der Waals surface area contributed by atoms with Crippen LogP contribution in [0.4, 0.5) is 0 Å². The minimum atomic E-state index is -0.888. The van der Waals surface area contributed by atoms with Gasteiger partial charge in [-0.15, -0.1) is 0 Å². The number of hydrogen-bond acceptors (Lipinski definition) is 2. The molecular weight excluding hydrogens is 156 g/mol. The van der Waals surface area contributed by atoms with Crippen molar-refractivity contribution < 1.29 is 14.6 Å². The van der Waals surface area contributed by atoms with Gasteiger partial charge in [-0.25, -0.2) is 4.79 Å². The van der Waals surface area contributed by atoms with Crippen molar-refractivity contribution in [2.45, 2.75) is 19.3 Å². The molecule has 0 aromatic heterocycles. The fraction of sp³-hybridized carbons (Fsp3) is 0.667. The highest BCUT2D eigenvalue weighted by molar-refractivity contribution is 5.67. The molecule has 0 fully saturated rings. The lowest BCUT2D eigenvalue weighted by atomic mass is 9.95. The molecule has 68 valence electrons. The highest BCUT2D eigenvalue weighted by atomic mass is 16.5. The maximum Gasteiger partial charge on any atom is 0.329 e. The zero-order valence-corrected chi connectivity index (χ0v) is 7.03. The Morgan fingerprint density at radius 1 is 1.58 bits per heavy atom. The van der Waals surface area contributed by atoms with Crippen LogP contribution in [0.25, 0.3) is 0 Å². The van der Waals surface area contributed by atoms with E-state index in [-0.39, 0.29) is 6.61 Å². The third-order valence-corrected chi connectivity index (χ3v) is 1.96. The standard InChI is InChI=1S/C9H14O3/c10-9(11)7-12-6-8-4-2-1-3-5-8/h1-2,8H,3-7H2,(H,10,11). The lowest BCUT2D eigenvalue weighted by Gasteiger charge is -2.16. The van der Waals surface area contributed by atoms with Crippen molar-refractivity contribution >= 4 is 5.97 Å². The Hall–Kier alpha value is -0.830. The van der Waals surface area contributed by atoms with Crippen LogP contribution in [0.1, 0.15) is 19.3 Å². The molecule has 0 aromatic rings. The predicted octanol–water partition coefficient (Wildman–Crippen LogP) is 1.44. The number of carbonyl (C=O) groups is 1.